The Balaban J connectivity index is 2.16. The molecule has 0 saturated carbocycles. The normalized spacial score (nSPS) is 12.1. The first kappa shape index (κ1) is 15.0. The van der Waals surface area contributed by atoms with Gasteiger partial charge in [0.2, 0.25) is 0 Å². The summed E-state index contributed by atoms with van der Waals surface area (Å²) < 4.78 is 6.00. The molecule has 122 valence electrons. The van der Waals surface area contributed by atoms with Crippen LogP contribution in [0.1, 0.15) is 21.5 Å². The number of nitrogen functional groups attached to an aromatic ring is 1. The summed E-state index contributed by atoms with van der Waals surface area (Å²) in [6.45, 7) is 3.94. The topological polar surface area (TPSA) is 72.5 Å². The summed E-state index contributed by atoms with van der Waals surface area (Å²) in [6.07, 6.45) is 0. The highest BCUT2D eigenvalue weighted by atomic mass is 16.5. The van der Waals surface area contributed by atoms with Crippen LogP contribution < -0.4 is 20.9 Å². The summed E-state index contributed by atoms with van der Waals surface area (Å²) in [5.74, 6) is 0.274. The van der Waals surface area contributed by atoms with Crippen LogP contribution in [0.3, 0.4) is 0 Å². The molecule has 3 aromatic rings. The highest BCUT2D eigenvalue weighted by Crippen LogP contribution is 2.37. The van der Waals surface area contributed by atoms with E-state index < -0.39 is 5.97 Å². The fraction of sp³-hybridized carbons (Fsp3) is 0. The van der Waals surface area contributed by atoms with Crippen LogP contribution in [0.5, 0.6) is 11.5 Å². The summed E-state index contributed by atoms with van der Waals surface area (Å²) in [6, 6.07) is 18.0. The first-order valence-corrected chi connectivity index (χ1v) is 7.78. The number of aromatic carboxylic acids is 1. The number of carboxylic acids is 1. The monoisotopic (exact) mass is 329 g/mol. The highest BCUT2D eigenvalue weighted by molar-refractivity contribution is 5.98. The Bertz CT molecular complexity index is 1130. The second-order valence-electron chi connectivity index (χ2n) is 5.91. The first-order chi connectivity index (χ1) is 12.0. The van der Waals surface area contributed by atoms with E-state index in [1.165, 1.54) is 0 Å². The van der Waals surface area contributed by atoms with Gasteiger partial charge in [-0.3, -0.25) is 0 Å². The number of benzene rings is 3. The molecule has 0 amide bonds. The van der Waals surface area contributed by atoms with Crippen LogP contribution in [-0.4, -0.2) is 11.1 Å². The number of hydrogen-bond donors (Lipinski definition) is 2. The summed E-state index contributed by atoms with van der Waals surface area (Å²) in [5, 5.41) is 11.3. The standard InChI is InChI=1S/C21H15NO3/c1-12-6-8-16-18(10-12)25-19-11-13(22)7-9-17(19)20(16)14-4-2-3-5-15(14)21(23)24/h2-11H,1,22H2,(H,23,24). The molecule has 4 heteroatoms. The van der Waals surface area contributed by atoms with E-state index in [1.807, 2.05) is 36.4 Å². The predicted octanol–water partition coefficient (Wildman–Crippen LogP) is 2.73. The van der Waals surface area contributed by atoms with Crippen molar-refractivity contribution in [2.75, 3.05) is 5.73 Å². The predicted molar refractivity (Wildman–Crippen MR) is 97.2 cm³/mol. The van der Waals surface area contributed by atoms with Crippen molar-refractivity contribution in [1.29, 1.82) is 0 Å². The second-order valence-corrected chi connectivity index (χ2v) is 5.91. The van der Waals surface area contributed by atoms with Crippen molar-refractivity contribution in [2.24, 2.45) is 0 Å². The zero-order chi connectivity index (χ0) is 17.6. The van der Waals surface area contributed by atoms with Crippen LogP contribution in [0, 0.1) is 0 Å². The average Bonchev–Trinajstić information content (AvgIpc) is 2.59. The van der Waals surface area contributed by atoms with Gasteiger partial charge in [-0.05, 0) is 35.0 Å². The molecule has 0 saturated heterocycles. The van der Waals surface area contributed by atoms with E-state index in [-0.39, 0.29) is 5.56 Å². The van der Waals surface area contributed by atoms with Crippen molar-refractivity contribution in [2.45, 2.75) is 0 Å². The Morgan fingerprint density at radius 1 is 0.960 bits per heavy atom. The molecular formula is C21H15NO3. The van der Waals surface area contributed by atoms with Gasteiger partial charge in [-0.25, -0.2) is 4.79 Å². The van der Waals surface area contributed by atoms with Crippen molar-refractivity contribution in [3.63, 3.8) is 0 Å². The molecule has 0 spiro atoms. The fourth-order valence-electron chi connectivity index (χ4n) is 3.13. The van der Waals surface area contributed by atoms with Gasteiger partial charge < -0.3 is 15.6 Å². The second kappa shape index (κ2) is 5.53. The summed E-state index contributed by atoms with van der Waals surface area (Å²) in [7, 11) is 0. The van der Waals surface area contributed by atoms with Gasteiger partial charge in [0.15, 0.2) is 0 Å². The minimum atomic E-state index is -0.970. The molecule has 25 heavy (non-hydrogen) atoms. The molecule has 1 heterocycles. The van der Waals surface area contributed by atoms with E-state index >= 15 is 0 Å². The fourth-order valence-corrected chi connectivity index (χ4v) is 3.13. The maximum atomic E-state index is 11.7. The highest BCUT2D eigenvalue weighted by Gasteiger charge is 2.23. The molecule has 0 radical (unpaired) electrons. The maximum absolute atomic E-state index is 11.7. The van der Waals surface area contributed by atoms with Crippen molar-refractivity contribution in [3.05, 3.63) is 87.8 Å². The molecule has 4 rings (SSSR count). The summed E-state index contributed by atoms with van der Waals surface area (Å²) >= 11 is 0. The minimum absolute atomic E-state index is 0.242. The van der Waals surface area contributed by atoms with E-state index in [1.54, 1.807) is 24.3 Å². The van der Waals surface area contributed by atoms with Gasteiger partial charge in [0.1, 0.15) is 11.5 Å². The number of fused-ring (bicyclic) bond motifs is 2. The van der Waals surface area contributed by atoms with Crippen LogP contribution in [0.2, 0.25) is 0 Å². The Labute approximate surface area is 144 Å². The van der Waals surface area contributed by atoms with Gasteiger partial charge >= 0.3 is 5.97 Å². The third kappa shape index (κ3) is 2.44. The molecule has 0 bridgehead atoms. The van der Waals surface area contributed by atoms with E-state index in [0.717, 1.165) is 21.6 Å². The quantitative estimate of drug-likeness (QED) is 0.555. The van der Waals surface area contributed by atoms with Gasteiger partial charge in [-0.1, -0.05) is 36.9 Å². The number of anilines is 1. The van der Waals surface area contributed by atoms with E-state index in [4.69, 9.17) is 10.5 Å². The van der Waals surface area contributed by atoms with Crippen LogP contribution in [0.25, 0.3) is 12.2 Å². The molecule has 0 fully saturated rings. The number of carboxylic acid groups (broad SMARTS) is 1. The third-order valence-electron chi connectivity index (χ3n) is 4.24. The van der Waals surface area contributed by atoms with E-state index in [2.05, 4.69) is 6.58 Å². The molecule has 0 unspecified atom stereocenters. The minimum Gasteiger partial charge on any atom is -0.478 e. The van der Waals surface area contributed by atoms with E-state index in [0.29, 0.717) is 22.7 Å². The van der Waals surface area contributed by atoms with Crippen LogP contribution in [0.15, 0.2) is 60.7 Å². The number of ether oxygens (including phenoxy) is 1. The Kier molecular flexibility index (Phi) is 3.32. The molecule has 3 N–H and O–H groups in total. The lowest BCUT2D eigenvalue weighted by molar-refractivity contribution is 0.0696. The van der Waals surface area contributed by atoms with Gasteiger partial charge in [-0.15, -0.1) is 0 Å². The average molecular weight is 329 g/mol. The zero-order valence-corrected chi connectivity index (χ0v) is 13.3. The van der Waals surface area contributed by atoms with Crippen LogP contribution >= 0.6 is 0 Å². The molecule has 1 aliphatic rings. The molecule has 4 nitrogen and oxygen atoms in total. The largest absolute Gasteiger partial charge is 0.478 e. The maximum Gasteiger partial charge on any atom is 0.336 e. The number of hydrogen-bond acceptors (Lipinski definition) is 3. The van der Waals surface area contributed by atoms with Crippen molar-refractivity contribution >= 4 is 23.8 Å². The third-order valence-corrected chi connectivity index (χ3v) is 4.24. The Hall–Kier alpha value is -3.53. The molecule has 0 aliphatic carbocycles. The lowest BCUT2D eigenvalue weighted by Gasteiger charge is -2.22. The van der Waals surface area contributed by atoms with Crippen molar-refractivity contribution in [3.8, 4) is 11.5 Å². The Morgan fingerprint density at radius 3 is 2.56 bits per heavy atom. The van der Waals surface area contributed by atoms with E-state index in [9.17, 15) is 9.90 Å². The molecule has 0 aromatic heterocycles. The summed E-state index contributed by atoms with van der Waals surface area (Å²) in [4.78, 5) is 11.7. The van der Waals surface area contributed by atoms with Crippen molar-refractivity contribution < 1.29 is 14.6 Å². The van der Waals surface area contributed by atoms with Gasteiger partial charge in [0.25, 0.3) is 0 Å². The molecule has 3 aromatic carbocycles. The first-order valence-electron chi connectivity index (χ1n) is 7.78. The Morgan fingerprint density at radius 2 is 1.76 bits per heavy atom. The molecule has 0 atom stereocenters. The lowest BCUT2D eigenvalue weighted by atomic mass is 9.89. The van der Waals surface area contributed by atoms with Crippen molar-refractivity contribution in [1.82, 2.24) is 0 Å². The smallest absolute Gasteiger partial charge is 0.336 e. The molecule has 1 aliphatic heterocycles. The van der Waals surface area contributed by atoms with Gasteiger partial charge in [-0.2, -0.15) is 0 Å². The van der Waals surface area contributed by atoms with Gasteiger partial charge in [0.05, 0.1) is 5.56 Å². The zero-order valence-electron chi connectivity index (χ0n) is 13.3. The lowest BCUT2D eigenvalue weighted by Crippen LogP contribution is -2.20. The van der Waals surface area contributed by atoms with Crippen LogP contribution in [-0.2, 0) is 0 Å². The number of carbonyl (C=O) groups is 1. The SMILES string of the molecule is C=c1ccc2c(c1)Oc1cc(N)ccc1C=2c1ccccc1C(=O)O. The summed E-state index contributed by atoms with van der Waals surface area (Å²) in [5.41, 5.74) is 8.99. The van der Waals surface area contributed by atoms with Crippen LogP contribution in [0.4, 0.5) is 5.69 Å². The number of rotatable bonds is 2. The van der Waals surface area contributed by atoms with Gasteiger partial charge in [0, 0.05) is 28.1 Å². The number of nitrogens with two attached hydrogens (primary N) is 1. The molecular weight excluding hydrogens is 314 g/mol.